The molecule has 3 atom stereocenters. The number of allylic oxidation sites excluding steroid dienone is 1. The van der Waals surface area contributed by atoms with E-state index >= 15 is 0 Å². The number of likely N-dealkylation sites (N-methyl/N-ethyl adjacent to an activating group) is 1. The van der Waals surface area contributed by atoms with Crippen molar-refractivity contribution < 1.29 is 33.2 Å². The van der Waals surface area contributed by atoms with Crippen molar-refractivity contribution in [1.29, 1.82) is 5.26 Å². The van der Waals surface area contributed by atoms with Crippen LogP contribution >= 0.6 is 0 Å². The summed E-state index contributed by atoms with van der Waals surface area (Å²) >= 11 is 0. The number of benzene rings is 2. The Kier molecular flexibility index (Phi) is 12.5. The Bertz CT molecular complexity index is 1690. The van der Waals surface area contributed by atoms with Crippen LogP contribution in [0.25, 0.3) is 0 Å². The van der Waals surface area contributed by atoms with Crippen LogP contribution in [0.3, 0.4) is 0 Å². The maximum absolute atomic E-state index is 14.5. The molecule has 0 aliphatic rings. The average molecular weight is 647 g/mol. The maximum Gasteiger partial charge on any atom is 0.274 e. The quantitative estimate of drug-likeness (QED) is 0.162. The van der Waals surface area contributed by atoms with Gasteiger partial charge in [0.1, 0.15) is 35.3 Å². The fourth-order valence-corrected chi connectivity index (χ4v) is 4.58. The van der Waals surface area contributed by atoms with Crippen LogP contribution in [-0.4, -0.2) is 59.1 Å². The van der Waals surface area contributed by atoms with Crippen LogP contribution in [-0.2, 0) is 27.3 Å². The molecule has 0 spiro atoms. The van der Waals surface area contributed by atoms with Crippen molar-refractivity contribution in [2.75, 3.05) is 11.9 Å². The molecule has 1 heterocycles. The third-order valence-corrected chi connectivity index (χ3v) is 7.10. The highest BCUT2D eigenvalue weighted by molar-refractivity contribution is 6.08. The molecule has 0 saturated carbocycles. The Labute approximate surface area is 272 Å². The predicted octanol–water partition coefficient (Wildman–Crippen LogP) is 3.02. The van der Waals surface area contributed by atoms with Gasteiger partial charge in [0.05, 0.1) is 6.10 Å². The molecule has 0 aliphatic carbocycles. The molecule has 0 saturated heterocycles. The molecule has 3 aromatic rings. The molecule has 4 amide bonds. The van der Waals surface area contributed by atoms with Gasteiger partial charge in [-0.1, -0.05) is 49.3 Å². The van der Waals surface area contributed by atoms with Gasteiger partial charge in [0.2, 0.25) is 11.8 Å². The lowest BCUT2D eigenvalue weighted by Crippen LogP contribution is -2.57. The Morgan fingerprint density at radius 2 is 1.79 bits per heavy atom. The van der Waals surface area contributed by atoms with E-state index in [1.165, 1.54) is 31.0 Å². The lowest BCUT2D eigenvalue weighted by Gasteiger charge is -2.25. The number of aliphatic hydroxyl groups excluding tert-OH is 1. The van der Waals surface area contributed by atoms with Gasteiger partial charge in [-0.05, 0) is 56.0 Å². The first-order valence-electron chi connectivity index (χ1n) is 14.9. The standard InChI is InChI=1S/C34H39FN6O6/c1-19(2)12-25(17-36)34(46)41(6)26-9-7-8-23(15-26)16-28(31(43)37-18-24-11-10-20(3)13-27(24)35)38-33(45)30(22(5)42)39-32(44)29-14-21(4)47-40-29/h7-15,19,22,28,30,42H,16,18H2,1-6H3,(H,37,43)(H,38,45)(H,39,44)/t22-,28?,30+/m1/s1. The van der Waals surface area contributed by atoms with E-state index in [0.717, 1.165) is 0 Å². The van der Waals surface area contributed by atoms with Crippen LogP contribution in [0.5, 0.6) is 0 Å². The number of anilines is 1. The summed E-state index contributed by atoms with van der Waals surface area (Å²) in [5, 5.41) is 31.1. The van der Waals surface area contributed by atoms with Crippen LogP contribution < -0.4 is 20.9 Å². The number of hydrogen-bond donors (Lipinski definition) is 4. The summed E-state index contributed by atoms with van der Waals surface area (Å²) in [4.78, 5) is 53.9. The number of hydrogen-bond acceptors (Lipinski definition) is 8. The summed E-state index contributed by atoms with van der Waals surface area (Å²) in [5.41, 5.74) is 1.78. The molecule has 248 valence electrons. The molecule has 0 radical (unpaired) electrons. The van der Waals surface area contributed by atoms with Gasteiger partial charge in [-0.25, -0.2) is 4.39 Å². The van der Waals surface area contributed by atoms with Crippen molar-refractivity contribution in [2.45, 2.75) is 65.8 Å². The largest absolute Gasteiger partial charge is 0.391 e. The number of amides is 4. The average Bonchev–Trinajstić information content (AvgIpc) is 3.46. The fraction of sp³-hybridized carbons (Fsp3) is 0.353. The van der Waals surface area contributed by atoms with Gasteiger partial charge in [-0.2, -0.15) is 5.26 Å². The van der Waals surface area contributed by atoms with E-state index in [4.69, 9.17) is 4.52 Å². The van der Waals surface area contributed by atoms with Crippen LogP contribution in [0.2, 0.25) is 0 Å². The van der Waals surface area contributed by atoms with Gasteiger partial charge in [-0.3, -0.25) is 19.2 Å². The summed E-state index contributed by atoms with van der Waals surface area (Å²) in [5.74, 6) is -2.99. The molecule has 1 aromatic heterocycles. The Morgan fingerprint density at radius 3 is 2.38 bits per heavy atom. The van der Waals surface area contributed by atoms with E-state index in [2.05, 4.69) is 21.1 Å². The number of aromatic nitrogens is 1. The fourth-order valence-electron chi connectivity index (χ4n) is 4.58. The number of halogens is 1. The lowest BCUT2D eigenvalue weighted by molar-refractivity contribution is -0.131. The van der Waals surface area contributed by atoms with E-state index in [1.54, 1.807) is 56.3 Å². The van der Waals surface area contributed by atoms with Gasteiger partial charge in [0.25, 0.3) is 11.8 Å². The Hall–Kier alpha value is -5.35. The van der Waals surface area contributed by atoms with Crippen molar-refractivity contribution in [3.63, 3.8) is 0 Å². The molecule has 12 nitrogen and oxygen atoms in total. The van der Waals surface area contributed by atoms with Crippen LogP contribution in [0.4, 0.5) is 10.1 Å². The smallest absolute Gasteiger partial charge is 0.274 e. The van der Waals surface area contributed by atoms with Crippen LogP contribution in [0.1, 0.15) is 53.7 Å². The molecule has 0 bridgehead atoms. The highest BCUT2D eigenvalue weighted by atomic mass is 19.1. The molecule has 2 aromatic carbocycles. The molecule has 13 heteroatoms. The minimum Gasteiger partial charge on any atom is -0.391 e. The van der Waals surface area contributed by atoms with E-state index in [1.807, 2.05) is 19.9 Å². The maximum atomic E-state index is 14.5. The normalized spacial score (nSPS) is 13.2. The first-order valence-corrected chi connectivity index (χ1v) is 14.9. The number of nitrogens with zero attached hydrogens (tertiary/aromatic N) is 3. The number of aryl methyl sites for hydroxylation is 2. The SMILES string of the molecule is Cc1ccc(CNC(=O)C(Cc2cccc(N(C)C(=O)C(C#N)=CC(C)C)c2)NC(=O)[C@@H](NC(=O)c2cc(C)on2)[C@@H](C)O)c(F)c1. The molecule has 3 rings (SSSR count). The lowest BCUT2D eigenvalue weighted by atomic mass is 10.0. The number of carbonyl (C=O) groups is 4. The van der Waals surface area contributed by atoms with E-state index in [0.29, 0.717) is 22.6 Å². The second-order valence-corrected chi connectivity index (χ2v) is 11.6. The van der Waals surface area contributed by atoms with Gasteiger partial charge in [-0.15, -0.1) is 0 Å². The summed E-state index contributed by atoms with van der Waals surface area (Å²) in [7, 11) is 1.52. The molecule has 0 aliphatic heterocycles. The van der Waals surface area contributed by atoms with Crippen molar-refractivity contribution in [3.8, 4) is 6.07 Å². The molecule has 0 fully saturated rings. The Morgan fingerprint density at radius 1 is 1.06 bits per heavy atom. The first kappa shape index (κ1) is 36.1. The van der Waals surface area contributed by atoms with Crippen molar-refractivity contribution in [3.05, 3.63) is 94.1 Å². The zero-order chi connectivity index (χ0) is 34.8. The number of nitrogens with one attached hydrogen (secondary N) is 3. The molecular weight excluding hydrogens is 607 g/mol. The summed E-state index contributed by atoms with van der Waals surface area (Å²) < 4.78 is 19.4. The van der Waals surface area contributed by atoms with Crippen LogP contribution in [0.15, 0.2) is 64.7 Å². The van der Waals surface area contributed by atoms with Crippen LogP contribution in [0, 0.1) is 36.9 Å². The van der Waals surface area contributed by atoms with E-state index < -0.39 is 47.6 Å². The number of rotatable bonds is 13. The number of aliphatic hydroxyl groups is 1. The van der Waals surface area contributed by atoms with Gasteiger partial charge in [0.15, 0.2) is 5.69 Å². The second kappa shape index (κ2) is 16.3. The molecule has 1 unspecified atom stereocenters. The molecule has 4 N–H and O–H groups in total. The highest BCUT2D eigenvalue weighted by Crippen LogP contribution is 2.19. The zero-order valence-corrected chi connectivity index (χ0v) is 27.1. The minimum absolute atomic E-state index is 0.0206. The molecule has 47 heavy (non-hydrogen) atoms. The predicted molar refractivity (Wildman–Crippen MR) is 171 cm³/mol. The monoisotopic (exact) mass is 646 g/mol. The van der Waals surface area contributed by atoms with Crippen molar-refractivity contribution in [2.24, 2.45) is 5.92 Å². The molecular formula is C34H39FN6O6. The topological polar surface area (TPSA) is 178 Å². The van der Waals surface area contributed by atoms with Crippen molar-refractivity contribution >= 4 is 29.3 Å². The zero-order valence-electron chi connectivity index (χ0n) is 27.1. The van der Waals surface area contributed by atoms with Gasteiger partial charge in [0, 0.05) is 37.3 Å². The second-order valence-electron chi connectivity index (χ2n) is 11.6. The number of carbonyl (C=O) groups excluding carboxylic acids is 4. The summed E-state index contributed by atoms with van der Waals surface area (Å²) in [6.45, 7) is 8.14. The van der Waals surface area contributed by atoms with E-state index in [9.17, 15) is 33.9 Å². The third kappa shape index (κ3) is 10.1. The Balaban J connectivity index is 1.88. The third-order valence-electron chi connectivity index (χ3n) is 7.10. The van der Waals surface area contributed by atoms with E-state index in [-0.39, 0.29) is 35.7 Å². The first-order chi connectivity index (χ1) is 22.2. The number of nitriles is 1. The van der Waals surface area contributed by atoms with Gasteiger partial charge < -0.3 is 30.5 Å². The summed E-state index contributed by atoms with van der Waals surface area (Å²) in [6, 6.07) is 11.8. The highest BCUT2D eigenvalue weighted by Gasteiger charge is 2.31. The van der Waals surface area contributed by atoms with Gasteiger partial charge >= 0.3 is 0 Å². The summed E-state index contributed by atoms with van der Waals surface area (Å²) in [6.07, 6.45) is 0.115. The van der Waals surface area contributed by atoms with Crippen molar-refractivity contribution in [1.82, 2.24) is 21.1 Å². The minimum atomic E-state index is -1.48.